The van der Waals surface area contributed by atoms with Crippen LogP contribution in [0.5, 0.6) is 0 Å². The Morgan fingerprint density at radius 1 is 0.846 bits per heavy atom. The predicted octanol–water partition coefficient (Wildman–Crippen LogP) is 0.580. The summed E-state index contributed by atoms with van der Waals surface area (Å²) in [5.41, 5.74) is 14.4. The fourth-order valence-corrected chi connectivity index (χ4v) is 4.29. The third-order valence-corrected chi connectivity index (χ3v) is 6.36. The highest BCUT2D eigenvalue weighted by Crippen LogP contribution is 2.19. The van der Waals surface area contributed by atoms with Crippen molar-refractivity contribution in [3.63, 3.8) is 0 Å². The molecule has 9 N–H and O–H groups in total. The second-order valence-electron chi connectivity index (χ2n) is 9.38. The Bertz CT molecular complexity index is 1260. The smallest absolute Gasteiger partial charge is 0.322 e. The molecule has 0 fully saturated rings. The third kappa shape index (κ3) is 8.94. The highest BCUT2D eigenvalue weighted by molar-refractivity contribution is 5.94. The number of benzene rings is 2. The lowest BCUT2D eigenvalue weighted by atomic mass is 10.0. The van der Waals surface area contributed by atoms with Crippen LogP contribution in [0, 0.1) is 0 Å². The van der Waals surface area contributed by atoms with E-state index < -0.39 is 48.4 Å². The van der Waals surface area contributed by atoms with Gasteiger partial charge in [-0.3, -0.25) is 19.2 Å². The largest absolute Gasteiger partial charge is 0.480 e. The second kappa shape index (κ2) is 14.6. The molecule has 0 spiro atoms. The summed E-state index contributed by atoms with van der Waals surface area (Å²) in [5.74, 6) is -2.91. The van der Waals surface area contributed by atoms with Gasteiger partial charge >= 0.3 is 5.97 Å². The Kier molecular flexibility index (Phi) is 11.0. The monoisotopic (exact) mass is 536 g/mol. The van der Waals surface area contributed by atoms with Crippen molar-refractivity contribution in [2.45, 2.75) is 50.2 Å². The third-order valence-electron chi connectivity index (χ3n) is 6.36. The van der Waals surface area contributed by atoms with Crippen molar-refractivity contribution >= 4 is 34.6 Å². The van der Waals surface area contributed by atoms with Crippen molar-refractivity contribution in [2.24, 2.45) is 11.5 Å². The molecule has 3 amide bonds. The van der Waals surface area contributed by atoms with Gasteiger partial charge in [-0.2, -0.15) is 0 Å². The van der Waals surface area contributed by atoms with E-state index in [1.165, 1.54) is 0 Å². The molecule has 0 aliphatic heterocycles. The maximum Gasteiger partial charge on any atom is 0.322 e. The van der Waals surface area contributed by atoms with Gasteiger partial charge in [-0.1, -0.05) is 48.5 Å². The van der Waals surface area contributed by atoms with Crippen LogP contribution in [0.4, 0.5) is 0 Å². The van der Waals surface area contributed by atoms with Crippen LogP contribution in [0.2, 0.25) is 0 Å². The lowest BCUT2D eigenvalue weighted by molar-refractivity contribution is -0.138. The number of amides is 3. The van der Waals surface area contributed by atoms with Crippen LogP contribution in [0.25, 0.3) is 10.9 Å². The summed E-state index contributed by atoms with van der Waals surface area (Å²) in [7, 11) is 0. The molecule has 0 saturated heterocycles. The van der Waals surface area contributed by atoms with Gasteiger partial charge in [0.05, 0.1) is 6.04 Å². The first-order chi connectivity index (χ1) is 18.8. The summed E-state index contributed by atoms with van der Waals surface area (Å²) in [6, 6.07) is 13.8. The number of carboxylic acids is 1. The summed E-state index contributed by atoms with van der Waals surface area (Å²) in [4.78, 5) is 53.3. The second-order valence-corrected chi connectivity index (χ2v) is 9.38. The molecule has 208 valence electrons. The number of nitrogens with one attached hydrogen (secondary N) is 4. The van der Waals surface area contributed by atoms with Crippen molar-refractivity contribution in [1.82, 2.24) is 20.9 Å². The van der Waals surface area contributed by atoms with Crippen molar-refractivity contribution in [3.8, 4) is 0 Å². The summed E-state index contributed by atoms with van der Waals surface area (Å²) < 4.78 is 0. The molecule has 0 radical (unpaired) electrons. The van der Waals surface area contributed by atoms with Gasteiger partial charge in [-0.05, 0) is 49.4 Å². The van der Waals surface area contributed by atoms with E-state index in [-0.39, 0.29) is 12.8 Å². The van der Waals surface area contributed by atoms with E-state index in [0.29, 0.717) is 25.8 Å². The zero-order valence-electron chi connectivity index (χ0n) is 21.7. The molecule has 3 aromatic rings. The maximum absolute atomic E-state index is 13.3. The van der Waals surface area contributed by atoms with E-state index in [9.17, 15) is 19.2 Å². The fourth-order valence-electron chi connectivity index (χ4n) is 4.29. The number of aromatic amines is 1. The lowest BCUT2D eigenvalue weighted by Gasteiger charge is -2.24. The molecule has 0 aliphatic rings. The van der Waals surface area contributed by atoms with Gasteiger partial charge < -0.3 is 37.5 Å². The number of carbonyl (C=O) groups is 4. The maximum atomic E-state index is 13.3. The van der Waals surface area contributed by atoms with Crippen molar-refractivity contribution in [1.29, 1.82) is 0 Å². The number of para-hydroxylation sites is 1. The van der Waals surface area contributed by atoms with Crippen LogP contribution < -0.4 is 27.4 Å². The van der Waals surface area contributed by atoms with Gasteiger partial charge in [-0.25, -0.2) is 0 Å². The molecule has 1 heterocycles. The van der Waals surface area contributed by atoms with Crippen LogP contribution in [-0.2, 0) is 32.0 Å². The molecule has 1 aromatic heterocycles. The normalized spacial score (nSPS) is 13.3. The van der Waals surface area contributed by atoms with Crippen molar-refractivity contribution in [2.75, 3.05) is 13.1 Å². The minimum Gasteiger partial charge on any atom is -0.480 e. The molecule has 3 atom stereocenters. The summed E-state index contributed by atoms with van der Waals surface area (Å²) in [6.45, 7) is -0.157. The number of H-pyrrole nitrogens is 1. The molecule has 0 aliphatic carbocycles. The summed E-state index contributed by atoms with van der Waals surface area (Å²) >= 11 is 0. The first-order valence-electron chi connectivity index (χ1n) is 12.9. The van der Waals surface area contributed by atoms with E-state index in [2.05, 4.69) is 20.9 Å². The molecule has 0 saturated carbocycles. The SMILES string of the molecule is NCCCCC(NC(=O)C(N)Cc1c[nH]c2ccccc12)C(=O)NC(Cc1ccccc1)C(=O)NCC(=O)O. The minimum absolute atomic E-state index is 0.140. The van der Waals surface area contributed by atoms with Gasteiger partial charge in [-0.15, -0.1) is 0 Å². The van der Waals surface area contributed by atoms with Crippen LogP contribution in [-0.4, -0.2) is 65.0 Å². The average Bonchev–Trinajstić information content (AvgIpc) is 3.33. The van der Waals surface area contributed by atoms with Gasteiger partial charge in [0.1, 0.15) is 18.6 Å². The standard InChI is InChI=1S/C28H36N6O5/c29-13-7-6-12-23(33-26(37)21(30)15-19-16-31-22-11-5-4-10-20(19)22)28(39)34-24(27(38)32-17-25(35)36)14-18-8-2-1-3-9-18/h1-5,8-11,16,21,23-24,31H,6-7,12-15,17,29-30H2,(H,32,38)(H,33,37)(H,34,39)(H,35,36). The van der Waals surface area contributed by atoms with Crippen molar-refractivity contribution < 1.29 is 24.3 Å². The number of carboxylic acid groups (broad SMARTS) is 1. The minimum atomic E-state index is -1.20. The molecule has 39 heavy (non-hydrogen) atoms. The first-order valence-corrected chi connectivity index (χ1v) is 12.9. The molecular weight excluding hydrogens is 500 g/mol. The number of carbonyl (C=O) groups excluding carboxylic acids is 3. The highest BCUT2D eigenvalue weighted by atomic mass is 16.4. The number of rotatable bonds is 15. The predicted molar refractivity (Wildman–Crippen MR) is 148 cm³/mol. The average molecular weight is 537 g/mol. The Hall–Kier alpha value is -4.22. The summed E-state index contributed by atoms with van der Waals surface area (Å²) in [6.07, 6.45) is 3.73. The van der Waals surface area contributed by atoms with Crippen LogP contribution in [0.3, 0.4) is 0 Å². The Balaban J connectivity index is 1.71. The van der Waals surface area contributed by atoms with E-state index in [1.807, 2.05) is 36.5 Å². The van der Waals surface area contributed by atoms with Gasteiger partial charge in [0, 0.05) is 23.5 Å². The number of hydrogen-bond donors (Lipinski definition) is 7. The number of aromatic nitrogens is 1. The molecular formula is C28H36N6O5. The number of aliphatic carboxylic acids is 1. The van der Waals surface area contributed by atoms with Crippen LogP contribution >= 0.6 is 0 Å². The Morgan fingerprint density at radius 3 is 2.26 bits per heavy atom. The first kappa shape index (κ1) is 29.3. The van der Waals surface area contributed by atoms with Crippen molar-refractivity contribution in [3.05, 3.63) is 71.9 Å². The Morgan fingerprint density at radius 2 is 1.54 bits per heavy atom. The van der Waals surface area contributed by atoms with Crippen LogP contribution in [0.15, 0.2) is 60.8 Å². The van der Waals surface area contributed by atoms with E-state index in [4.69, 9.17) is 16.6 Å². The molecule has 11 nitrogen and oxygen atoms in total. The highest BCUT2D eigenvalue weighted by Gasteiger charge is 2.28. The van der Waals surface area contributed by atoms with Gasteiger partial charge in [0.25, 0.3) is 0 Å². The number of fused-ring (bicyclic) bond motifs is 1. The summed E-state index contributed by atoms with van der Waals surface area (Å²) in [5, 5.41) is 17.7. The molecule has 2 aromatic carbocycles. The number of unbranched alkanes of at least 4 members (excludes halogenated alkanes) is 1. The zero-order chi connectivity index (χ0) is 28.2. The van der Waals surface area contributed by atoms with E-state index in [1.54, 1.807) is 24.3 Å². The Labute approximate surface area is 226 Å². The number of nitrogens with two attached hydrogens (primary N) is 2. The fraction of sp³-hybridized carbons (Fsp3) is 0.357. The zero-order valence-corrected chi connectivity index (χ0v) is 21.7. The topological polar surface area (TPSA) is 192 Å². The van der Waals surface area contributed by atoms with E-state index >= 15 is 0 Å². The molecule has 3 unspecified atom stereocenters. The number of hydrogen-bond acceptors (Lipinski definition) is 6. The molecule has 3 rings (SSSR count). The van der Waals surface area contributed by atoms with Gasteiger partial charge in [0.15, 0.2) is 0 Å². The van der Waals surface area contributed by atoms with E-state index in [0.717, 1.165) is 22.0 Å². The van der Waals surface area contributed by atoms with Gasteiger partial charge in [0.2, 0.25) is 17.7 Å². The van der Waals surface area contributed by atoms with Crippen LogP contribution in [0.1, 0.15) is 30.4 Å². The molecule has 0 bridgehead atoms. The molecule has 11 heteroatoms. The quantitative estimate of drug-likeness (QED) is 0.138. The lowest BCUT2D eigenvalue weighted by Crippen LogP contribution is -2.56.